The number of benzene rings is 2. The number of carbonyl (C=O) groups is 1. The number of pyridine rings is 1. The number of nitrogens with zero attached hydrogens (tertiary/aromatic N) is 1. The van der Waals surface area contributed by atoms with Crippen molar-refractivity contribution in [2.45, 2.75) is 32.4 Å². The number of hydrogen-bond acceptors (Lipinski definition) is 6. The van der Waals surface area contributed by atoms with Crippen molar-refractivity contribution in [3.05, 3.63) is 54.1 Å². The highest BCUT2D eigenvalue weighted by Crippen LogP contribution is 2.37. The van der Waals surface area contributed by atoms with Crippen LogP contribution in [0.5, 0.6) is 11.5 Å². The highest BCUT2D eigenvalue weighted by Gasteiger charge is 2.23. The second kappa shape index (κ2) is 7.84. The Morgan fingerprint density at radius 2 is 1.93 bits per heavy atom. The van der Waals surface area contributed by atoms with Gasteiger partial charge in [0, 0.05) is 10.9 Å². The Hall–Kier alpha value is -3.32. The van der Waals surface area contributed by atoms with Crippen LogP contribution in [0.15, 0.2) is 48.5 Å². The molecule has 2 aromatic carbocycles. The molecule has 0 aliphatic carbocycles. The molecule has 2 N–H and O–H groups in total. The zero-order valence-corrected chi connectivity index (χ0v) is 17.1. The Morgan fingerprint density at radius 3 is 2.70 bits per heavy atom. The van der Waals surface area contributed by atoms with E-state index in [4.69, 9.17) is 19.2 Å². The molecule has 1 amide bonds. The van der Waals surface area contributed by atoms with Crippen LogP contribution in [0.4, 0.5) is 4.79 Å². The summed E-state index contributed by atoms with van der Waals surface area (Å²) in [5.74, 6) is 1.36. The maximum atomic E-state index is 12.3. The Balaban J connectivity index is 1.75. The van der Waals surface area contributed by atoms with Crippen molar-refractivity contribution in [3.63, 3.8) is 0 Å². The minimum absolute atomic E-state index is 0.196. The summed E-state index contributed by atoms with van der Waals surface area (Å²) in [6, 6.07) is 14.5. The minimum atomic E-state index is -0.652. The number of aromatic nitrogens is 1. The van der Waals surface area contributed by atoms with Gasteiger partial charge in [-0.25, -0.2) is 9.78 Å². The van der Waals surface area contributed by atoms with Crippen molar-refractivity contribution in [2.75, 3.05) is 13.4 Å². The summed E-state index contributed by atoms with van der Waals surface area (Å²) >= 11 is 0. The molecule has 2 heterocycles. The highest BCUT2D eigenvalue weighted by molar-refractivity contribution is 5.86. The molecule has 0 saturated carbocycles. The molecule has 1 aromatic heterocycles. The summed E-state index contributed by atoms with van der Waals surface area (Å²) in [6.45, 7) is 5.29. The van der Waals surface area contributed by atoms with Crippen molar-refractivity contribution in [2.24, 2.45) is 0 Å². The number of fused-ring (bicyclic) bond motifs is 2. The Labute approximate surface area is 174 Å². The molecule has 0 spiro atoms. The molecule has 7 heteroatoms. The van der Waals surface area contributed by atoms with Crippen LogP contribution in [0.3, 0.4) is 0 Å². The Kier molecular flexibility index (Phi) is 5.22. The van der Waals surface area contributed by atoms with Gasteiger partial charge in [-0.1, -0.05) is 18.2 Å². The Morgan fingerprint density at radius 1 is 1.17 bits per heavy atom. The second-order valence-electron chi connectivity index (χ2n) is 8.06. The van der Waals surface area contributed by atoms with Crippen LogP contribution < -0.4 is 14.8 Å². The fourth-order valence-corrected chi connectivity index (χ4v) is 3.37. The summed E-state index contributed by atoms with van der Waals surface area (Å²) < 4.78 is 16.2. The third-order valence-corrected chi connectivity index (χ3v) is 4.67. The Bertz CT molecular complexity index is 1090. The van der Waals surface area contributed by atoms with Gasteiger partial charge in [-0.2, -0.15) is 0 Å². The van der Waals surface area contributed by atoms with Crippen molar-refractivity contribution >= 4 is 17.0 Å². The van der Waals surface area contributed by atoms with E-state index in [0.717, 1.165) is 22.0 Å². The second-order valence-corrected chi connectivity index (χ2v) is 8.06. The van der Waals surface area contributed by atoms with Crippen molar-refractivity contribution < 1.29 is 24.1 Å². The molecule has 0 saturated heterocycles. The number of carbonyl (C=O) groups excluding carboxylic acids is 1. The quantitative estimate of drug-likeness (QED) is 0.673. The van der Waals surface area contributed by atoms with Gasteiger partial charge in [0.25, 0.3) is 0 Å². The van der Waals surface area contributed by atoms with E-state index in [1.807, 2.05) is 48.5 Å². The van der Waals surface area contributed by atoms with Gasteiger partial charge in [0.15, 0.2) is 11.5 Å². The van der Waals surface area contributed by atoms with Crippen molar-refractivity contribution in [1.29, 1.82) is 0 Å². The maximum absolute atomic E-state index is 12.3. The topological polar surface area (TPSA) is 89.9 Å². The first kappa shape index (κ1) is 20.0. The molecule has 3 aromatic rings. The smallest absolute Gasteiger partial charge is 0.408 e. The van der Waals surface area contributed by atoms with Gasteiger partial charge in [-0.15, -0.1) is 0 Å². The molecule has 1 aliphatic rings. The standard InChI is InChI=1S/C23H24N2O5/c1-23(2,3)30-22(27)25-19(12-26)16-11-18(24-17-7-5-4-6-15(16)17)14-8-9-20-21(10-14)29-13-28-20/h4-11,19,26H,12-13H2,1-3H3,(H,25,27)/t19-/m0/s1. The maximum Gasteiger partial charge on any atom is 0.408 e. The number of amides is 1. The summed E-state index contributed by atoms with van der Waals surface area (Å²) in [6.07, 6.45) is -0.591. The minimum Gasteiger partial charge on any atom is -0.454 e. The monoisotopic (exact) mass is 408 g/mol. The summed E-state index contributed by atoms with van der Waals surface area (Å²) in [5.41, 5.74) is 2.42. The number of para-hydroxylation sites is 1. The van der Waals surface area contributed by atoms with E-state index in [2.05, 4.69) is 5.32 Å². The van der Waals surface area contributed by atoms with Crippen LogP contribution in [0, 0.1) is 0 Å². The van der Waals surface area contributed by atoms with Crippen molar-refractivity contribution in [3.8, 4) is 22.8 Å². The first-order valence-corrected chi connectivity index (χ1v) is 9.74. The first-order valence-electron chi connectivity index (χ1n) is 9.74. The van der Waals surface area contributed by atoms with Crippen LogP contribution >= 0.6 is 0 Å². The molecule has 7 nitrogen and oxygen atoms in total. The molecule has 4 rings (SSSR count). The van der Waals surface area contributed by atoms with Gasteiger partial charge in [-0.3, -0.25) is 0 Å². The molecule has 1 atom stereocenters. The number of rotatable bonds is 4. The van der Waals surface area contributed by atoms with Gasteiger partial charge in [0.2, 0.25) is 6.79 Å². The molecule has 156 valence electrons. The fourth-order valence-electron chi connectivity index (χ4n) is 3.37. The largest absolute Gasteiger partial charge is 0.454 e. The highest BCUT2D eigenvalue weighted by atomic mass is 16.7. The lowest BCUT2D eigenvalue weighted by Gasteiger charge is -2.24. The molecule has 0 bridgehead atoms. The van der Waals surface area contributed by atoms with Crippen LogP contribution in [0.2, 0.25) is 0 Å². The van der Waals surface area contributed by atoms with Gasteiger partial charge >= 0.3 is 6.09 Å². The van der Waals surface area contributed by atoms with E-state index in [1.165, 1.54) is 0 Å². The average Bonchev–Trinajstić information content (AvgIpc) is 3.18. The third kappa shape index (κ3) is 4.16. The van der Waals surface area contributed by atoms with E-state index in [9.17, 15) is 9.90 Å². The van der Waals surface area contributed by atoms with Gasteiger partial charge < -0.3 is 24.6 Å². The van der Waals surface area contributed by atoms with E-state index >= 15 is 0 Å². The molecule has 30 heavy (non-hydrogen) atoms. The van der Waals surface area contributed by atoms with E-state index in [0.29, 0.717) is 17.2 Å². The summed E-state index contributed by atoms with van der Waals surface area (Å²) in [5, 5.41) is 13.7. The molecular formula is C23H24N2O5. The van der Waals surface area contributed by atoms with E-state index in [1.54, 1.807) is 20.8 Å². The zero-order valence-electron chi connectivity index (χ0n) is 17.1. The normalized spacial score (nSPS) is 13.9. The fraction of sp³-hybridized carbons (Fsp3) is 0.304. The van der Waals surface area contributed by atoms with E-state index in [-0.39, 0.29) is 13.4 Å². The zero-order chi connectivity index (χ0) is 21.3. The van der Waals surface area contributed by atoms with Gasteiger partial charge in [0.05, 0.1) is 23.9 Å². The number of aliphatic hydroxyl groups excluding tert-OH is 1. The molecule has 0 unspecified atom stereocenters. The van der Waals surface area contributed by atoms with Crippen LogP contribution in [-0.4, -0.2) is 35.2 Å². The first-order chi connectivity index (χ1) is 14.3. The predicted molar refractivity (Wildman–Crippen MR) is 112 cm³/mol. The average molecular weight is 408 g/mol. The van der Waals surface area contributed by atoms with Crippen LogP contribution in [0.25, 0.3) is 22.2 Å². The SMILES string of the molecule is CC(C)(C)OC(=O)N[C@@H](CO)c1cc(-c2ccc3c(c2)OCO3)nc2ccccc12. The molecular weight excluding hydrogens is 384 g/mol. The summed E-state index contributed by atoms with van der Waals surface area (Å²) in [4.78, 5) is 17.1. The van der Waals surface area contributed by atoms with Crippen LogP contribution in [0.1, 0.15) is 32.4 Å². The number of nitrogens with one attached hydrogen (secondary N) is 1. The van der Waals surface area contributed by atoms with Gasteiger partial charge in [-0.05, 0) is 56.7 Å². The van der Waals surface area contributed by atoms with Crippen LogP contribution in [-0.2, 0) is 4.74 Å². The lowest BCUT2D eigenvalue weighted by atomic mass is 9.99. The number of hydrogen-bond donors (Lipinski definition) is 2. The molecule has 0 radical (unpaired) electrons. The number of alkyl carbamates (subject to hydrolysis) is 1. The lowest BCUT2D eigenvalue weighted by Crippen LogP contribution is -2.36. The lowest BCUT2D eigenvalue weighted by molar-refractivity contribution is 0.0482. The van der Waals surface area contributed by atoms with E-state index < -0.39 is 17.7 Å². The molecule has 1 aliphatic heterocycles. The third-order valence-electron chi connectivity index (χ3n) is 4.67. The number of aliphatic hydroxyl groups is 1. The number of ether oxygens (including phenoxy) is 3. The van der Waals surface area contributed by atoms with Gasteiger partial charge in [0.1, 0.15) is 5.60 Å². The predicted octanol–water partition coefficient (Wildman–Crippen LogP) is 4.19. The van der Waals surface area contributed by atoms with Crippen molar-refractivity contribution in [1.82, 2.24) is 10.3 Å². The summed E-state index contributed by atoms with van der Waals surface area (Å²) in [7, 11) is 0. The molecule has 0 fully saturated rings.